The number of benzene rings is 3. The first kappa shape index (κ1) is 20.9. The van der Waals surface area contributed by atoms with E-state index >= 15 is 0 Å². The molecule has 0 bridgehead atoms. The molecule has 31 heavy (non-hydrogen) atoms. The van der Waals surface area contributed by atoms with Crippen LogP contribution < -0.4 is 15.5 Å². The van der Waals surface area contributed by atoms with Crippen molar-refractivity contribution in [3.63, 3.8) is 0 Å². The number of rotatable bonds is 8. The zero-order chi connectivity index (χ0) is 21.6. The van der Waals surface area contributed by atoms with Crippen molar-refractivity contribution in [3.8, 4) is 5.75 Å². The molecular formula is C25H23ClN2O3. The topological polar surface area (TPSA) is 60.3 Å². The van der Waals surface area contributed by atoms with Crippen LogP contribution in [0.1, 0.15) is 12.8 Å². The molecule has 0 aliphatic heterocycles. The van der Waals surface area contributed by atoms with Gasteiger partial charge in [-0.3, -0.25) is 9.59 Å². The molecule has 1 N–H and O–H groups in total. The number of unbranched alkanes of at least 4 members (excludes halogenated alkanes) is 1. The number of carbonyl (C=O) groups excluding carboxylic acids is 1. The first-order chi connectivity index (χ1) is 15.1. The highest BCUT2D eigenvalue weighted by Gasteiger charge is 2.12. The van der Waals surface area contributed by atoms with E-state index in [9.17, 15) is 9.59 Å². The molecule has 0 aliphatic carbocycles. The van der Waals surface area contributed by atoms with Crippen molar-refractivity contribution < 1.29 is 9.53 Å². The van der Waals surface area contributed by atoms with Gasteiger partial charge in [-0.25, -0.2) is 0 Å². The van der Waals surface area contributed by atoms with Crippen LogP contribution in [-0.4, -0.2) is 23.6 Å². The Morgan fingerprint density at radius 2 is 1.48 bits per heavy atom. The lowest BCUT2D eigenvalue weighted by molar-refractivity contribution is -0.121. The molecule has 0 radical (unpaired) electrons. The molecule has 4 aromatic rings. The quantitative estimate of drug-likeness (QED) is 0.320. The predicted molar refractivity (Wildman–Crippen MR) is 125 cm³/mol. The van der Waals surface area contributed by atoms with E-state index in [-0.39, 0.29) is 17.9 Å². The molecule has 1 amide bonds. The molecule has 158 valence electrons. The predicted octanol–water partition coefficient (Wildman–Crippen LogP) is 4.78. The molecule has 0 saturated carbocycles. The van der Waals surface area contributed by atoms with Crippen molar-refractivity contribution in [2.24, 2.45) is 0 Å². The Morgan fingerprint density at radius 3 is 2.13 bits per heavy atom. The van der Waals surface area contributed by atoms with Crippen molar-refractivity contribution in [3.05, 3.63) is 88.0 Å². The van der Waals surface area contributed by atoms with Crippen molar-refractivity contribution >= 4 is 39.3 Å². The smallest absolute Gasteiger partial charge is 0.239 e. The highest BCUT2D eigenvalue weighted by atomic mass is 35.5. The summed E-state index contributed by atoms with van der Waals surface area (Å²) in [4.78, 5) is 25.4. The molecule has 5 nitrogen and oxygen atoms in total. The lowest BCUT2D eigenvalue weighted by atomic mass is 10.1. The molecule has 0 fully saturated rings. The number of nitrogens with zero attached hydrogens (tertiary/aromatic N) is 1. The van der Waals surface area contributed by atoms with Gasteiger partial charge in [0.1, 0.15) is 12.3 Å². The number of amides is 1. The first-order valence-corrected chi connectivity index (χ1v) is 10.7. The second-order valence-electron chi connectivity index (χ2n) is 7.31. The molecule has 0 spiro atoms. The second-order valence-corrected chi connectivity index (χ2v) is 7.75. The summed E-state index contributed by atoms with van der Waals surface area (Å²) in [5.41, 5.74) is 1.51. The zero-order valence-electron chi connectivity index (χ0n) is 17.0. The van der Waals surface area contributed by atoms with Gasteiger partial charge in [0.15, 0.2) is 5.43 Å². The summed E-state index contributed by atoms with van der Waals surface area (Å²) in [5, 5.41) is 4.89. The molecule has 0 atom stereocenters. The minimum Gasteiger partial charge on any atom is -0.494 e. The third-order valence-electron chi connectivity index (χ3n) is 5.16. The average molecular weight is 435 g/mol. The van der Waals surface area contributed by atoms with Crippen LogP contribution in [-0.2, 0) is 11.3 Å². The Balaban J connectivity index is 1.36. The summed E-state index contributed by atoms with van der Waals surface area (Å²) < 4.78 is 7.57. The number of hydrogen-bond donors (Lipinski definition) is 1. The number of carbonyl (C=O) groups is 1. The van der Waals surface area contributed by atoms with Crippen molar-refractivity contribution in [1.29, 1.82) is 0 Å². The minimum atomic E-state index is -0.0856. The Kier molecular flexibility index (Phi) is 6.53. The van der Waals surface area contributed by atoms with Gasteiger partial charge in [0.2, 0.25) is 5.91 Å². The Bertz CT molecular complexity index is 1210. The zero-order valence-corrected chi connectivity index (χ0v) is 17.8. The fourth-order valence-corrected chi connectivity index (χ4v) is 3.75. The first-order valence-electron chi connectivity index (χ1n) is 10.3. The fraction of sp³-hybridized carbons (Fsp3) is 0.200. The number of fused-ring (bicyclic) bond motifs is 2. The average Bonchev–Trinajstić information content (AvgIpc) is 2.80. The van der Waals surface area contributed by atoms with Crippen LogP contribution >= 0.6 is 11.6 Å². The third-order valence-corrected chi connectivity index (χ3v) is 5.41. The molecule has 4 rings (SSSR count). The van der Waals surface area contributed by atoms with Gasteiger partial charge in [0, 0.05) is 22.3 Å². The number of hydrogen-bond acceptors (Lipinski definition) is 3. The van der Waals surface area contributed by atoms with E-state index in [1.807, 2.05) is 53.1 Å². The van der Waals surface area contributed by atoms with Crippen molar-refractivity contribution in [2.45, 2.75) is 19.4 Å². The summed E-state index contributed by atoms with van der Waals surface area (Å²) >= 11 is 5.86. The van der Waals surface area contributed by atoms with Crippen LogP contribution in [0.3, 0.4) is 0 Å². The van der Waals surface area contributed by atoms with Crippen molar-refractivity contribution in [2.75, 3.05) is 13.2 Å². The Labute approximate surface area is 185 Å². The number of aromatic nitrogens is 1. The summed E-state index contributed by atoms with van der Waals surface area (Å²) in [6.45, 7) is 1.30. The van der Waals surface area contributed by atoms with E-state index in [0.29, 0.717) is 28.9 Å². The largest absolute Gasteiger partial charge is 0.494 e. The van der Waals surface area contributed by atoms with Gasteiger partial charge >= 0.3 is 0 Å². The number of ether oxygens (including phenoxy) is 1. The summed E-state index contributed by atoms with van der Waals surface area (Å²) in [6.07, 6.45) is 1.64. The SMILES string of the molecule is O=C(Cn1c2ccccc2c(=O)c2ccccc21)NCCCCOc1ccc(Cl)cc1. The van der Waals surface area contributed by atoms with Crippen LogP contribution in [0.2, 0.25) is 5.02 Å². The van der Waals surface area contributed by atoms with Crippen molar-refractivity contribution in [1.82, 2.24) is 9.88 Å². The molecule has 1 heterocycles. The second kappa shape index (κ2) is 9.67. The van der Waals surface area contributed by atoms with Gasteiger partial charge in [0.25, 0.3) is 0 Å². The monoisotopic (exact) mass is 434 g/mol. The fourth-order valence-electron chi connectivity index (χ4n) is 3.62. The van der Waals surface area contributed by atoms with Gasteiger partial charge in [-0.05, 0) is 61.4 Å². The van der Waals surface area contributed by atoms with Crippen LogP contribution in [0.15, 0.2) is 77.6 Å². The molecule has 0 unspecified atom stereocenters. The maximum Gasteiger partial charge on any atom is 0.239 e. The lowest BCUT2D eigenvalue weighted by Crippen LogP contribution is -2.29. The highest BCUT2D eigenvalue weighted by molar-refractivity contribution is 6.30. The molecular weight excluding hydrogens is 412 g/mol. The molecule has 3 aromatic carbocycles. The number of para-hydroxylation sites is 2. The lowest BCUT2D eigenvalue weighted by Gasteiger charge is -2.15. The van der Waals surface area contributed by atoms with E-state index in [1.165, 1.54) is 0 Å². The maximum absolute atomic E-state index is 12.8. The van der Waals surface area contributed by atoms with Gasteiger partial charge < -0.3 is 14.6 Å². The molecule has 1 aromatic heterocycles. The molecule has 6 heteroatoms. The maximum atomic E-state index is 12.8. The van der Waals surface area contributed by atoms with Crippen LogP contribution in [0.5, 0.6) is 5.75 Å². The number of halogens is 1. The van der Waals surface area contributed by atoms with Crippen LogP contribution in [0.25, 0.3) is 21.8 Å². The highest BCUT2D eigenvalue weighted by Crippen LogP contribution is 2.19. The minimum absolute atomic E-state index is 0.0106. The normalized spacial score (nSPS) is 11.0. The van der Waals surface area contributed by atoms with Gasteiger partial charge in [-0.2, -0.15) is 0 Å². The van der Waals surface area contributed by atoms with Crippen LogP contribution in [0, 0.1) is 0 Å². The Morgan fingerprint density at radius 1 is 0.871 bits per heavy atom. The molecule has 0 aliphatic rings. The summed E-state index contributed by atoms with van der Waals surface area (Å²) in [5.74, 6) is 0.697. The molecule has 0 saturated heterocycles. The van der Waals surface area contributed by atoms with E-state index in [2.05, 4.69) is 5.32 Å². The van der Waals surface area contributed by atoms with E-state index in [4.69, 9.17) is 16.3 Å². The van der Waals surface area contributed by atoms with Gasteiger partial charge in [-0.1, -0.05) is 35.9 Å². The standard InChI is InChI=1S/C25H23ClN2O3/c26-18-11-13-19(14-12-18)31-16-6-5-15-27-24(29)17-28-22-9-3-1-7-20(22)25(30)21-8-2-4-10-23(21)28/h1-4,7-14H,5-6,15-17H2,(H,27,29). The number of nitrogens with one attached hydrogen (secondary N) is 1. The van der Waals surface area contributed by atoms with Crippen LogP contribution in [0.4, 0.5) is 0 Å². The summed E-state index contributed by atoms with van der Waals surface area (Å²) in [7, 11) is 0. The third kappa shape index (κ3) is 4.89. The van der Waals surface area contributed by atoms with Gasteiger partial charge in [0.05, 0.1) is 17.6 Å². The van der Waals surface area contributed by atoms with E-state index in [1.54, 1.807) is 24.3 Å². The number of pyridine rings is 1. The Hall–Kier alpha value is -3.31. The van der Waals surface area contributed by atoms with E-state index < -0.39 is 0 Å². The summed E-state index contributed by atoms with van der Waals surface area (Å²) in [6, 6.07) is 22.1. The van der Waals surface area contributed by atoms with Gasteiger partial charge in [-0.15, -0.1) is 0 Å². The van der Waals surface area contributed by atoms with E-state index in [0.717, 1.165) is 29.6 Å².